The van der Waals surface area contributed by atoms with Crippen molar-refractivity contribution in [2.45, 2.75) is 6.92 Å². The molecule has 0 atom stereocenters. The number of hydrogen-bond donors (Lipinski definition) is 1. The van der Waals surface area contributed by atoms with E-state index in [9.17, 15) is 4.79 Å². The maximum atomic E-state index is 11.2. The Morgan fingerprint density at radius 2 is 1.88 bits per heavy atom. The van der Waals surface area contributed by atoms with Crippen LogP contribution in [0.4, 0.5) is 11.9 Å². The molecule has 0 radical (unpaired) electrons. The molecule has 2 heterocycles. The second-order valence-electron chi connectivity index (χ2n) is 3.91. The van der Waals surface area contributed by atoms with E-state index in [1.807, 2.05) is 11.9 Å². The molecule has 7 heteroatoms. The van der Waals surface area contributed by atoms with Crippen molar-refractivity contribution in [1.29, 1.82) is 0 Å². The topological polar surface area (TPSA) is 80.3 Å². The van der Waals surface area contributed by atoms with Crippen LogP contribution in [0.1, 0.15) is 6.92 Å². The van der Waals surface area contributed by atoms with E-state index in [1.165, 1.54) is 0 Å². The van der Waals surface area contributed by atoms with Gasteiger partial charge >= 0.3 is 0 Å². The zero-order valence-electron chi connectivity index (χ0n) is 9.55. The summed E-state index contributed by atoms with van der Waals surface area (Å²) in [6.45, 7) is 4.58. The fourth-order valence-corrected chi connectivity index (χ4v) is 1.83. The Balaban J connectivity index is 2.04. The third-order valence-corrected chi connectivity index (χ3v) is 2.89. The second kappa shape index (κ2) is 3.99. The molecule has 2 rings (SSSR count). The quantitative estimate of drug-likeness (QED) is 0.666. The number of amides is 1. The minimum Gasteiger partial charge on any atom is -0.368 e. The summed E-state index contributed by atoms with van der Waals surface area (Å²) in [5.41, 5.74) is 5.62. The molecule has 1 aliphatic heterocycles. The largest absolute Gasteiger partial charge is 0.368 e. The Hall–Kier alpha value is -1.79. The van der Waals surface area contributed by atoms with E-state index in [0.717, 1.165) is 32.1 Å². The van der Waals surface area contributed by atoms with E-state index < -0.39 is 0 Å². The monoisotopic (exact) mass is 224 g/mol. The number of carbonyl (C=O) groups is 1. The van der Waals surface area contributed by atoms with E-state index in [2.05, 4.69) is 15.1 Å². The molecule has 0 saturated carbocycles. The lowest BCUT2D eigenvalue weighted by atomic mass is 10.3. The summed E-state index contributed by atoms with van der Waals surface area (Å²) in [4.78, 5) is 15.1. The minimum absolute atomic E-state index is 0.122. The molecule has 88 valence electrons. The number of hydrogen-bond acceptors (Lipinski definition) is 5. The van der Waals surface area contributed by atoms with E-state index >= 15 is 0 Å². The number of nitrogen functional groups attached to an aromatic ring is 1. The Labute approximate surface area is 93.8 Å². The Kier molecular flexibility index (Phi) is 2.67. The molecule has 1 saturated heterocycles. The molecule has 0 spiro atoms. The molecule has 0 unspecified atom stereocenters. The molecule has 7 nitrogen and oxygen atoms in total. The van der Waals surface area contributed by atoms with Gasteiger partial charge in [-0.3, -0.25) is 9.36 Å². The molecule has 0 bridgehead atoms. The van der Waals surface area contributed by atoms with Gasteiger partial charge in [0, 0.05) is 40.2 Å². The van der Waals surface area contributed by atoms with Crippen molar-refractivity contribution < 1.29 is 4.79 Å². The second-order valence-corrected chi connectivity index (χ2v) is 3.91. The first-order chi connectivity index (χ1) is 7.59. The average Bonchev–Trinajstić information content (AvgIpc) is 2.60. The molecule has 1 aromatic rings. The number of nitrogens with two attached hydrogens (primary N) is 1. The maximum absolute atomic E-state index is 11.2. The summed E-state index contributed by atoms with van der Waals surface area (Å²) in [6.07, 6.45) is 0. The molecular formula is C9H16N6O. The molecule has 2 N–H and O–H groups in total. The minimum atomic E-state index is 0.122. The number of carbonyl (C=O) groups excluding carboxylic acids is 1. The highest BCUT2D eigenvalue weighted by Crippen LogP contribution is 2.14. The molecule has 1 amide bonds. The van der Waals surface area contributed by atoms with Gasteiger partial charge in [-0.15, -0.1) is 10.2 Å². The van der Waals surface area contributed by atoms with Crippen LogP contribution in [-0.4, -0.2) is 51.8 Å². The van der Waals surface area contributed by atoms with Crippen molar-refractivity contribution in [2.75, 3.05) is 36.8 Å². The van der Waals surface area contributed by atoms with Gasteiger partial charge in [0.15, 0.2) is 0 Å². The standard InChI is InChI=1S/C9H16N6O/c1-7(16)14-3-5-15(6-4-14)9-12-11-8(10)13(9)2/h3-6H2,1-2H3,(H2,10,11). The van der Waals surface area contributed by atoms with Crippen molar-refractivity contribution in [1.82, 2.24) is 19.7 Å². The van der Waals surface area contributed by atoms with Gasteiger partial charge in [-0.25, -0.2) is 0 Å². The van der Waals surface area contributed by atoms with Crippen LogP contribution in [0.2, 0.25) is 0 Å². The highest BCUT2D eigenvalue weighted by Gasteiger charge is 2.22. The first-order valence-corrected chi connectivity index (χ1v) is 5.25. The molecule has 0 aliphatic carbocycles. The number of nitrogens with zero attached hydrogens (tertiary/aromatic N) is 5. The van der Waals surface area contributed by atoms with Crippen LogP contribution in [-0.2, 0) is 11.8 Å². The number of anilines is 2. The lowest BCUT2D eigenvalue weighted by Crippen LogP contribution is -2.48. The van der Waals surface area contributed by atoms with Gasteiger partial charge in [-0.1, -0.05) is 0 Å². The summed E-state index contributed by atoms with van der Waals surface area (Å²) >= 11 is 0. The average molecular weight is 224 g/mol. The van der Waals surface area contributed by atoms with Gasteiger partial charge < -0.3 is 15.5 Å². The Morgan fingerprint density at radius 3 is 2.31 bits per heavy atom. The van der Waals surface area contributed by atoms with Gasteiger partial charge in [0.05, 0.1) is 0 Å². The van der Waals surface area contributed by atoms with Gasteiger partial charge in [0.1, 0.15) is 0 Å². The zero-order chi connectivity index (χ0) is 11.7. The van der Waals surface area contributed by atoms with Crippen molar-refractivity contribution in [3.05, 3.63) is 0 Å². The number of rotatable bonds is 1. The van der Waals surface area contributed by atoms with Crippen molar-refractivity contribution in [3.8, 4) is 0 Å². The SMILES string of the molecule is CC(=O)N1CCN(c2nnc(N)n2C)CC1. The first-order valence-electron chi connectivity index (χ1n) is 5.25. The normalized spacial score (nSPS) is 16.6. The van der Waals surface area contributed by atoms with Crippen LogP contribution in [0.3, 0.4) is 0 Å². The molecule has 1 aliphatic rings. The van der Waals surface area contributed by atoms with Crippen LogP contribution in [0.5, 0.6) is 0 Å². The Morgan fingerprint density at radius 1 is 1.25 bits per heavy atom. The smallest absolute Gasteiger partial charge is 0.228 e. The molecular weight excluding hydrogens is 208 g/mol. The van der Waals surface area contributed by atoms with Gasteiger partial charge in [-0.2, -0.15) is 0 Å². The Bertz CT molecular complexity index is 393. The van der Waals surface area contributed by atoms with Crippen LogP contribution in [0.15, 0.2) is 0 Å². The van der Waals surface area contributed by atoms with Gasteiger partial charge in [0.2, 0.25) is 17.8 Å². The summed E-state index contributed by atoms with van der Waals surface area (Å²) in [6, 6.07) is 0. The predicted octanol–water partition coefficient (Wildman–Crippen LogP) is -0.934. The van der Waals surface area contributed by atoms with Crippen LogP contribution < -0.4 is 10.6 Å². The highest BCUT2D eigenvalue weighted by atomic mass is 16.2. The summed E-state index contributed by atoms with van der Waals surface area (Å²) in [7, 11) is 1.84. The lowest BCUT2D eigenvalue weighted by molar-refractivity contribution is -0.129. The molecule has 1 aromatic heterocycles. The predicted molar refractivity (Wildman–Crippen MR) is 59.9 cm³/mol. The lowest BCUT2D eigenvalue weighted by Gasteiger charge is -2.34. The third kappa shape index (κ3) is 1.80. The number of aromatic nitrogens is 3. The highest BCUT2D eigenvalue weighted by molar-refractivity contribution is 5.73. The van der Waals surface area contributed by atoms with Crippen molar-refractivity contribution in [3.63, 3.8) is 0 Å². The van der Waals surface area contributed by atoms with Crippen LogP contribution in [0.25, 0.3) is 0 Å². The molecule has 0 aromatic carbocycles. The number of piperazine rings is 1. The third-order valence-electron chi connectivity index (χ3n) is 2.89. The first kappa shape index (κ1) is 10.7. The molecule has 16 heavy (non-hydrogen) atoms. The zero-order valence-corrected chi connectivity index (χ0v) is 9.55. The fourth-order valence-electron chi connectivity index (χ4n) is 1.83. The molecule has 1 fully saturated rings. The fraction of sp³-hybridized carbons (Fsp3) is 0.667. The summed E-state index contributed by atoms with van der Waals surface area (Å²) < 4.78 is 1.75. The van der Waals surface area contributed by atoms with Crippen molar-refractivity contribution in [2.24, 2.45) is 7.05 Å². The van der Waals surface area contributed by atoms with Gasteiger partial charge in [-0.05, 0) is 0 Å². The maximum Gasteiger partial charge on any atom is 0.228 e. The van der Waals surface area contributed by atoms with Crippen LogP contribution in [0, 0.1) is 0 Å². The van der Waals surface area contributed by atoms with Gasteiger partial charge in [0.25, 0.3) is 0 Å². The van der Waals surface area contributed by atoms with E-state index in [4.69, 9.17) is 5.73 Å². The van der Waals surface area contributed by atoms with Crippen LogP contribution >= 0.6 is 0 Å². The van der Waals surface area contributed by atoms with E-state index in [1.54, 1.807) is 11.5 Å². The van der Waals surface area contributed by atoms with E-state index in [-0.39, 0.29) is 5.91 Å². The summed E-state index contributed by atoms with van der Waals surface area (Å²) in [5.74, 6) is 1.29. The van der Waals surface area contributed by atoms with E-state index in [0.29, 0.717) is 5.95 Å². The summed E-state index contributed by atoms with van der Waals surface area (Å²) in [5, 5.41) is 7.83. The van der Waals surface area contributed by atoms with Crippen molar-refractivity contribution >= 4 is 17.8 Å².